The second-order valence-electron chi connectivity index (χ2n) is 4.25. The minimum Gasteiger partial charge on any atom is -0.396 e. The number of nitrogens with zero attached hydrogens (tertiary/aromatic N) is 1. The van der Waals surface area contributed by atoms with Crippen molar-refractivity contribution in [3.05, 3.63) is 48.8 Å². The average Bonchev–Trinajstić information content (AvgIpc) is 2.78. The maximum Gasteiger partial charge on any atom is 0.255 e. The molecular formula is C13H11Br2FN2OS. The molecule has 1 aromatic heterocycles. The fourth-order valence-corrected chi connectivity index (χ4v) is 3.67. The monoisotopic (exact) mass is 420 g/mol. The number of hydrogen-bond acceptors (Lipinski definition) is 3. The quantitative estimate of drug-likeness (QED) is 0.752. The Morgan fingerprint density at radius 3 is 2.70 bits per heavy atom. The third kappa shape index (κ3) is 3.39. The van der Waals surface area contributed by atoms with Gasteiger partial charge in [0, 0.05) is 26.3 Å². The SMILES string of the molecule is CN(Cc1cc(Br)cs1)C(=O)c1cc(N)c(F)cc1Br. The highest BCUT2D eigenvalue weighted by atomic mass is 79.9. The molecule has 0 saturated heterocycles. The van der Waals surface area contributed by atoms with Crippen molar-refractivity contribution in [1.29, 1.82) is 0 Å². The van der Waals surface area contributed by atoms with E-state index in [2.05, 4.69) is 31.9 Å². The highest BCUT2D eigenvalue weighted by Gasteiger charge is 2.17. The van der Waals surface area contributed by atoms with Gasteiger partial charge >= 0.3 is 0 Å². The minimum absolute atomic E-state index is 0.0381. The summed E-state index contributed by atoms with van der Waals surface area (Å²) >= 11 is 8.13. The molecule has 20 heavy (non-hydrogen) atoms. The van der Waals surface area contributed by atoms with Crippen LogP contribution < -0.4 is 5.73 Å². The molecule has 2 N–H and O–H groups in total. The van der Waals surface area contributed by atoms with Crippen LogP contribution in [0.2, 0.25) is 0 Å². The topological polar surface area (TPSA) is 46.3 Å². The van der Waals surface area contributed by atoms with Gasteiger partial charge in [-0.3, -0.25) is 4.79 Å². The lowest BCUT2D eigenvalue weighted by molar-refractivity contribution is 0.0785. The average molecular weight is 422 g/mol. The van der Waals surface area contributed by atoms with Crippen molar-refractivity contribution >= 4 is 54.8 Å². The van der Waals surface area contributed by atoms with Crippen LogP contribution >= 0.6 is 43.2 Å². The molecule has 7 heteroatoms. The molecule has 0 aliphatic heterocycles. The number of carbonyl (C=O) groups is 1. The molecule has 2 rings (SSSR count). The van der Waals surface area contributed by atoms with E-state index in [1.165, 1.54) is 12.1 Å². The molecule has 106 valence electrons. The summed E-state index contributed by atoms with van der Waals surface area (Å²) in [6.07, 6.45) is 0. The molecule has 3 nitrogen and oxygen atoms in total. The summed E-state index contributed by atoms with van der Waals surface area (Å²) in [5, 5.41) is 1.96. The Morgan fingerprint density at radius 1 is 1.40 bits per heavy atom. The molecule has 0 fully saturated rings. The van der Waals surface area contributed by atoms with Crippen molar-refractivity contribution in [2.75, 3.05) is 12.8 Å². The summed E-state index contributed by atoms with van der Waals surface area (Å²) in [4.78, 5) is 15.0. The van der Waals surface area contributed by atoms with E-state index in [9.17, 15) is 9.18 Å². The van der Waals surface area contributed by atoms with E-state index in [0.717, 1.165) is 9.35 Å². The lowest BCUT2D eigenvalue weighted by Gasteiger charge is -2.17. The van der Waals surface area contributed by atoms with E-state index >= 15 is 0 Å². The fraction of sp³-hybridized carbons (Fsp3) is 0.154. The first kappa shape index (κ1) is 15.5. The Morgan fingerprint density at radius 2 is 2.10 bits per heavy atom. The van der Waals surface area contributed by atoms with Gasteiger partial charge in [-0.05, 0) is 50.1 Å². The second-order valence-corrected chi connectivity index (χ2v) is 7.01. The van der Waals surface area contributed by atoms with Gasteiger partial charge in [-0.2, -0.15) is 0 Å². The van der Waals surface area contributed by atoms with Crippen molar-refractivity contribution in [1.82, 2.24) is 4.90 Å². The standard InChI is InChI=1S/C13H11Br2FN2OS/c1-18(5-8-2-7(14)6-20-8)13(19)9-3-12(17)11(16)4-10(9)15/h2-4,6H,5,17H2,1H3. The Bertz CT molecular complexity index is 660. The summed E-state index contributed by atoms with van der Waals surface area (Å²) < 4.78 is 14.7. The van der Waals surface area contributed by atoms with Crippen LogP contribution in [0.15, 0.2) is 32.5 Å². The number of rotatable bonds is 3. The van der Waals surface area contributed by atoms with Crippen LogP contribution in [-0.4, -0.2) is 17.9 Å². The number of halogens is 3. The smallest absolute Gasteiger partial charge is 0.255 e. The molecule has 0 atom stereocenters. The maximum atomic E-state index is 13.3. The molecule has 1 heterocycles. The molecular weight excluding hydrogens is 411 g/mol. The zero-order valence-corrected chi connectivity index (χ0v) is 14.5. The number of amides is 1. The Kier molecular flexibility index (Phi) is 4.82. The molecule has 1 amide bonds. The van der Waals surface area contributed by atoms with Crippen molar-refractivity contribution in [3.8, 4) is 0 Å². The Labute approximate surface area is 136 Å². The fourth-order valence-electron chi connectivity index (χ4n) is 1.68. The molecule has 0 aliphatic rings. The highest BCUT2D eigenvalue weighted by Crippen LogP contribution is 2.25. The van der Waals surface area contributed by atoms with Crippen molar-refractivity contribution < 1.29 is 9.18 Å². The molecule has 1 aromatic carbocycles. The summed E-state index contributed by atoms with van der Waals surface area (Å²) in [5.74, 6) is -0.758. The second kappa shape index (κ2) is 6.24. The van der Waals surface area contributed by atoms with E-state index < -0.39 is 5.82 Å². The van der Waals surface area contributed by atoms with Gasteiger partial charge in [-0.25, -0.2) is 4.39 Å². The van der Waals surface area contributed by atoms with Crippen LogP contribution in [0.25, 0.3) is 0 Å². The number of nitrogen functional groups attached to an aromatic ring is 1. The summed E-state index contributed by atoms with van der Waals surface area (Å²) in [7, 11) is 1.70. The predicted octanol–water partition coefficient (Wildman–Crippen LogP) is 4.27. The van der Waals surface area contributed by atoms with Gasteiger partial charge in [0.25, 0.3) is 5.91 Å². The number of benzene rings is 1. The van der Waals surface area contributed by atoms with Crippen molar-refractivity contribution in [3.63, 3.8) is 0 Å². The number of anilines is 1. The van der Waals surface area contributed by atoms with Crippen LogP contribution in [0.3, 0.4) is 0 Å². The zero-order chi connectivity index (χ0) is 14.9. The molecule has 0 spiro atoms. The number of hydrogen-bond donors (Lipinski definition) is 1. The highest BCUT2D eigenvalue weighted by molar-refractivity contribution is 9.10. The lowest BCUT2D eigenvalue weighted by atomic mass is 10.1. The minimum atomic E-state index is -0.543. The van der Waals surface area contributed by atoms with Crippen molar-refractivity contribution in [2.45, 2.75) is 6.54 Å². The van der Waals surface area contributed by atoms with Gasteiger partial charge in [0.1, 0.15) is 5.82 Å². The van der Waals surface area contributed by atoms with Crippen LogP contribution in [0.4, 0.5) is 10.1 Å². The first-order valence-corrected chi connectivity index (χ1v) is 8.08. The molecule has 0 bridgehead atoms. The predicted molar refractivity (Wildman–Crippen MR) is 86.3 cm³/mol. The van der Waals surface area contributed by atoms with Gasteiger partial charge < -0.3 is 10.6 Å². The first-order valence-electron chi connectivity index (χ1n) is 5.61. The number of thiophene rings is 1. The maximum absolute atomic E-state index is 13.3. The summed E-state index contributed by atoms with van der Waals surface area (Å²) in [6, 6.07) is 4.52. The number of carbonyl (C=O) groups excluding carboxylic acids is 1. The molecule has 0 aliphatic carbocycles. The van der Waals surface area contributed by atoms with E-state index in [1.807, 2.05) is 11.4 Å². The number of nitrogens with two attached hydrogens (primary N) is 1. The van der Waals surface area contributed by atoms with Crippen LogP contribution in [-0.2, 0) is 6.54 Å². The van der Waals surface area contributed by atoms with E-state index in [0.29, 0.717) is 16.6 Å². The normalized spacial score (nSPS) is 10.6. The van der Waals surface area contributed by atoms with Crippen LogP contribution in [0.1, 0.15) is 15.2 Å². The van der Waals surface area contributed by atoms with E-state index in [1.54, 1.807) is 23.3 Å². The Balaban J connectivity index is 2.20. The third-order valence-electron chi connectivity index (χ3n) is 2.68. The van der Waals surface area contributed by atoms with Crippen molar-refractivity contribution in [2.24, 2.45) is 0 Å². The van der Waals surface area contributed by atoms with E-state index in [-0.39, 0.29) is 11.6 Å². The molecule has 0 saturated carbocycles. The first-order chi connectivity index (χ1) is 9.38. The van der Waals surface area contributed by atoms with E-state index in [4.69, 9.17) is 5.73 Å². The van der Waals surface area contributed by atoms with Crippen LogP contribution in [0.5, 0.6) is 0 Å². The lowest BCUT2D eigenvalue weighted by Crippen LogP contribution is -2.26. The van der Waals surface area contributed by atoms with Crippen LogP contribution in [0, 0.1) is 5.82 Å². The van der Waals surface area contributed by atoms with Gasteiger partial charge in [-0.15, -0.1) is 11.3 Å². The molecule has 0 unspecified atom stereocenters. The van der Waals surface area contributed by atoms with Gasteiger partial charge in [0.2, 0.25) is 0 Å². The Hall–Kier alpha value is -0.920. The summed E-state index contributed by atoms with van der Waals surface area (Å²) in [5.41, 5.74) is 5.82. The largest absolute Gasteiger partial charge is 0.396 e. The summed E-state index contributed by atoms with van der Waals surface area (Å²) in [6.45, 7) is 0.485. The molecule has 2 aromatic rings. The van der Waals surface area contributed by atoms with Gasteiger partial charge in [-0.1, -0.05) is 0 Å². The van der Waals surface area contributed by atoms with Gasteiger partial charge in [0.15, 0.2) is 0 Å². The van der Waals surface area contributed by atoms with Gasteiger partial charge in [0.05, 0.1) is 17.8 Å². The molecule has 0 radical (unpaired) electrons. The third-order valence-corrected chi connectivity index (χ3v) is 5.02. The zero-order valence-electron chi connectivity index (χ0n) is 10.5.